The van der Waals surface area contributed by atoms with E-state index >= 15 is 0 Å². The SMILES string of the molecule is COCCNS(=O)(=O)N1CCN(C(C)(C)CN)CC1. The molecule has 19 heavy (non-hydrogen) atoms. The summed E-state index contributed by atoms with van der Waals surface area (Å²) in [5.74, 6) is 0. The number of piperazine rings is 1. The molecule has 7 nitrogen and oxygen atoms in total. The van der Waals surface area contributed by atoms with Crippen LogP contribution in [0, 0.1) is 0 Å². The van der Waals surface area contributed by atoms with E-state index in [2.05, 4.69) is 23.5 Å². The second-order valence-electron chi connectivity index (χ2n) is 5.29. The molecular formula is C11H26N4O3S. The highest BCUT2D eigenvalue weighted by Crippen LogP contribution is 2.16. The number of nitrogens with zero attached hydrogens (tertiary/aromatic N) is 2. The first-order valence-corrected chi connectivity index (χ1v) is 7.96. The van der Waals surface area contributed by atoms with Crippen LogP contribution in [-0.2, 0) is 14.9 Å². The van der Waals surface area contributed by atoms with Crippen molar-refractivity contribution in [3.05, 3.63) is 0 Å². The average molecular weight is 294 g/mol. The molecule has 8 heteroatoms. The molecule has 1 heterocycles. The van der Waals surface area contributed by atoms with Gasteiger partial charge < -0.3 is 10.5 Å². The molecule has 1 aliphatic heterocycles. The molecule has 0 aromatic rings. The largest absolute Gasteiger partial charge is 0.383 e. The van der Waals surface area contributed by atoms with Crippen molar-refractivity contribution in [2.45, 2.75) is 19.4 Å². The molecule has 0 aliphatic carbocycles. The van der Waals surface area contributed by atoms with Crippen molar-refractivity contribution >= 4 is 10.2 Å². The van der Waals surface area contributed by atoms with Crippen molar-refractivity contribution in [1.82, 2.24) is 13.9 Å². The molecule has 0 amide bonds. The van der Waals surface area contributed by atoms with Gasteiger partial charge in [-0.05, 0) is 13.8 Å². The summed E-state index contributed by atoms with van der Waals surface area (Å²) in [5, 5.41) is 0. The predicted molar refractivity (Wildman–Crippen MR) is 75.1 cm³/mol. The zero-order chi connectivity index (χ0) is 14.5. The van der Waals surface area contributed by atoms with Gasteiger partial charge in [0.25, 0.3) is 10.2 Å². The van der Waals surface area contributed by atoms with Gasteiger partial charge in [0.15, 0.2) is 0 Å². The molecule has 0 saturated carbocycles. The van der Waals surface area contributed by atoms with Gasteiger partial charge in [-0.1, -0.05) is 0 Å². The van der Waals surface area contributed by atoms with E-state index in [0.29, 0.717) is 45.9 Å². The molecule has 3 N–H and O–H groups in total. The zero-order valence-corrected chi connectivity index (χ0v) is 12.9. The molecule has 1 rings (SSSR count). The summed E-state index contributed by atoms with van der Waals surface area (Å²) in [6, 6.07) is 0. The topological polar surface area (TPSA) is 87.9 Å². The lowest BCUT2D eigenvalue weighted by atomic mass is 10.0. The molecule has 0 spiro atoms. The highest BCUT2D eigenvalue weighted by atomic mass is 32.2. The number of nitrogens with one attached hydrogen (secondary N) is 1. The lowest BCUT2D eigenvalue weighted by Gasteiger charge is -2.43. The summed E-state index contributed by atoms with van der Waals surface area (Å²) >= 11 is 0. The summed E-state index contributed by atoms with van der Waals surface area (Å²) in [6.07, 6.45) is 0. The van der Waals surface area contributed by atoms with E-state index in [-0.39, 0.29) is 5.54 Å². The van der Waals surface area contributed by atoms with Crippen molar-refractivity contribution in [2.24, 2.45) is 5.73 Å². The van der Waals surface area contributed by atoms with Gasteiger partial charge >= 0.3 is 0 Å². The standard InChI is InChI=1S/C11H26N4O3S/c1-11(2,10-12)14-5-7-15(8-6-14)19(16,17)13-4-9-18-3/h13H,4-10,12H2,1-3H3. The third-order valence-corrected chi connectivity index (χ3v) is 5.14. The van der Waals surface area contributed by atoms with E-state index in [9.17, 15) is 8.42 Å². The monoisotopic (exact) mass is 294 g/mol. The molecule has 1 aliphatic rings. The Balaban J connectivity index is 2.49. The molecule has 1 saturated heterocycles. The number of hydrogen-bond acceptors (Lipinski definition) is 5. The second kappa shape index (κ2) is 6.96. The Kier molecular flexibility index (Phi) is 6.15. The fourth-order valence-corrected chi connectivity index (χ4v) is 3.19. The quantitative estimate of drug-likeness (QED) is 0.577. The summed E-state index contributed by atoms with van der Waals surface area (Å²) in [6.45, 7) is 7.78. The maximum absolute atomic E-state index is 12.0. The van der Waals surface area contributed by atoms with Crippen LogP contribution in [0.3, 0.4) is 0 Å². The summed E-state index contributed by atoms with van der Waals surface area (Å²) < 4.78 is 32.8. The summed E-state index contributed by atoms with van der Waals surface area (Å²) in [5.41, 5.74) is 5.65. The van der Waals surface area contributed by atoms with E-state index in [1.807, 2.05) is 0 Å². The van der Waals surface area contributed by atoms with Crippen LogP contribution in [-0.4, -0.2) is 76.1 Å². The van der Waals surface area contributed by atoms with Gasteiger partial charge in [-0.2, -0.15) is 17.4 Å². The van der Waals surface area contributed by atoms with Crippen LogP contribution in [0.1, 0.15) is 13.8 Å². The van der Waals surface area contributed by atoms with Crippen molar-refractivity contribution in [3.8, 4) is 0 Å². The van der Waals surface area contributed by atoms with Gasteiger partial charge in [0, 0.05) is 51.9 Å². The Bertz CT molecular complexity index is 364. The maximum Gasteiger partial charge on any atom is 0.279 e. The molecule has 0 unspecified atom stereocenters. The van der Waals surface area contributed by atoms with E-state index in [4.69, 9.17) is 10.5 Å². The van der Waals surface area contributed by atoms with E-state index < -0.39 is 10.2 Å². The van der Waals surface area contributed by atoms with Crippen LogP contribution in [0.4, 0.5) is 0 Å². The van der Waals surface area contributed by atoms with E-state index in [0.717, 1.165) is 0 Å². The van der Waals surface area contributed by atoms with Gasteiger partial charge in [-0.25, -0.2) is 0 Å². The van der Waals surface area contributed by atoms with E-state index in [1.165, 1.54) is 4.31 Å². The third-order valence-electron chi connectivity index (χ3n) is 3.52. The van der Waals surface area contributed by atoms with Crippen molar-refractivity contribution in [2.75, 3.05) is 53.0 Å². The van der Waals surface area contributed by atoms with Gasteiger partial charge in [-0.15, -0.1) is 0 Å². The Morgan fingerprint density at radius 2 is 1.84 bits per heavy atom. The Morgan fingerprint density at radius 1 is 1.26 bits per heavy atom. The first-order valence-electron chi connectivity index (χ1n) is 6.52. The van der Waals surface area contributed by atoms with Gasteiger partial charge in [0.1, 0.15) is 0 Å². The third kappa shape index (κ3) is 4.66. The normalized spacial score (nSPS) is 19.8. The van der Waals surface area contributed by atoms with Crippen molar-refractivity contribution < 1.29 is 13.2 Å². The first kappa shape index (κ1) is 16.8. The molecule has 0 atom stereocenters. The molecule has 1 fully saturated rings. The van der Waals surface area contributed by atoms with Gasteiger partial charge in [0.2, 0.25) is 0 Å². The smallest absolute Gasteiger partial charge is 0.279 e. The van der Waals surface area contributed by atoms with Crippen LogP contribution in [0.15, 0.2) is 0 Å². The van der Waals surface area contributed by atoms with Crippen molar-refractivity contribution in [1.29, 1.82) is 0 Å². The zero-order valence-electron chi connectivity index (χ0n) is 12.1. The number of rotatable bonds is 7. The van der Waals surface area contributed by atoms with Crippen LogP contribution in [0.25, 0.3) is 0 Å². The minimum absolute atomic E-state index is 0.0840. The number of nitrogens with two attached hydrogens (primary N) is 1. The predicted octanol–water partition coefficient (Wildman–Crippen LogP) is -1.18. The lowest BCUT2D eigenvalue weighted by molar-refractivity contribution is 0.0844. The molecule has 114 valence electrons. The molecule has 0 radical (unpaired) electrons. The van der Waals surface area contributed by atoms with Crippen molar-refractivity contribution in [3.63, 3.8) is 0 Å². The fraction of sp³-hybridized carbons (Fsp3) is 1.00. The fourth-order valence-electron chi connectivity index (χ4n) is 2.03. The van der Waals surface area contributed by atoms with E-state index in [1.54, 1.807) is 7.11 Å². The van der Waals surface area contributed by atoms with Gasteiger partial charge in [0.05, 0.1) is 6.61 Å². The molecule has 0 aromatic carbocycles. The molecule has 0 aromatic heterocycles. The number of ether oxygens (including phenoxy) is 1. The molecular weight excluding hydrogens is 268 g/mol. The highest BCUT2D eigenvalue weighted by Gasteiger charge is 2.32. The minimum atomic E-state index is -3.39. The first-order chi connectivity index (χ1) is 8.83. The van der Waals surface area contributed by atoms with Crippen LogP contribution < -0.4 is 10.5 Å². The summed E-state index contributed by atoms with van der Waals surface area (Å²) in [7, 11) is -1.84. The highest BCUT2D eigenvalue weighted by molar-refractivity contribution is 7.87. The maximum atomic E-state index is 12.0. The van der Waals surface area contributed by atoms with Crippen LogP contribution in [0.5, 0.6) is 0 Å². The minimum Gasteiger partial charge on any atom is -0.383 e. The molecule has 0 bridgehead atoms. The van der Waals surface area contributed by atoms with Crippen LogP contribution in [0.2, 0.25) is 0 Å². The lowest BCUT2D eigenvalue weighted by Crippen LogP contribution is -2.59. The second-order valence-corrected chi connectivity index (χ2v) is 7.05. The Hall–Kier alpha value is -0.250. The van der Waals surface area contributed by atoms with Crippen LogP contribution >= 0.6 is 0 Å². The van der Waals surface area contributed by atoms with Gasteiger partial charge in [-0.3, -0.25) is 4.90 Å². The Morgan fingerprint density at radius 3 is 2.32 bits per heavy atom. The Labute approximate surface area is 116 Å². The number of hydrogen-bond donors (Lipinski definition) is 2. The summed E-state index contributed by atoms with van der Waals surface area (Å²) in [4.78, 5) is 2.23. The number of methoxy groups -OCH3 is 1. The average Bonchev–Trinajstić information content (AvgIpc) is 2.39.